The van der Waals surface area contributed by atoms with Gasteiger partial charge in [-0.05, 0) is 45.0 Å². The van der Waals surface area contributed by atoms with E-state index in [4.69, 9.17) is 5.73 Å². The highest BCUT2D eigenvalue weighted by molar-refractivity contribution is 7.92. The molecule has 3 rings (SSSR count). The average Bonchev–Trinajstić information content (AvgIpc) is 2.68. The number of nitrogens with two attached hydrogens (primary N) is 1. The number of benzene rings is 2. The van der Waals surface area contributed by atoms with Crippen molar-refractivity contribution in [1.82, 2.24) is 9.97 Å². The van der Waals surface area contributed by atoms with Gasteiger partial charge in [0.05, 0.1) is 21.5 Å². The molecular weight excluding hydrogens is 388 g/mol. The Morgan fingerprint density at radius 1 is 1.00 bits per heavy atom. The van der Waals surface area contributed by atoms with Crippen LogP contribution in [0, 0.1) is 0 Å². The Labute approximate surface area is 169 Å². The van der Waals surface area contributed by atoms with Gasteiger partial charge in [-0.2, -0.15) is 0 Å². The number of para-hydroxylation sites is 1. The maximum absolute atomic E-state index is 12.6. The average molecular weight is 410 g/mol. The molecule has 3 N–H and O–H groups in total. The van der Waals surface area contributed by atoms with E-state index in [2.05, 4.69) is 15.3 Å². The van der Waals surface area contributed by atoms with Crippen LogP contribution in [0.4, 0.5) is 11.5 Å². The van der Waals surface area contributed by atoms with Crippen LogP contribution in [-0.4, -0.2) is 29.0 Å². The molecule has 0 saturated carbocycles. The molecule has 0 fully saturated rings. The van der Waals surface area contributed by atoms with Crippen molar-refractivity contribution in [2.45, 2.75) is 30.4 Å². The Balaban J connectivity index is 1.91. The lowest BCUT2D eigenvalue weighted by atomic mass is 10.1. The fraction of sp³-hybridized carbons (Fsp3) is 0.190. The van der Waals surface area contributed by atoms with Crippen molar-refractivity contribution in [2.24, 2.45) is 0 Å². The monoisotopic (exact) mass is 410 g/mol. The molecule has 8 heteroatoms. The summed E-state index contributed by atoms with van der Waals surface area (Å²) in [6, 6.07) is 15.3. The number of anilines is 2. The van der Waals surface area contributed by atoms with E-state index in [1.807, 2.05) is 6.07 Å². The van der Waals surface area contributed by atoms with Crippen LogP contribution in [0.3, 0.4) is 0 Å². The molecule has 0 spiro atoms. The van der Waals surface area contributed by atoms with E-state index >= 15 is 0 Å². The van der Waals surface area contributed by atoms with Crippen LogP contribution in [0.15, 0.2) is 65.7 Å². The molecule has 29 heavy (non-hydrogen) atoms. The van der Waals surface area contributed by atoms with Gasteiger partial charge in [0.15, 0.2) is 21.3 Å². The molecule has 0 saturated heterocycles. The number of hydrogen-bond acceptors (Lipinski definition) is 6. The van der Waals surface area contributed by atoms with Crippen molar-refractivity contribution in [3.8, 4) is 11.3 Å². The number of rotatable bonds is 4. The summed E-state index contributed by atoms with van der Waals surface area (Å²) in [4.78, 5) is 21.2. The highest BCUT2D eigenvalue weighted by Crippen LogP contribution is 2.27. The largest absolute Gasteiger partial charge is 0.382 e. The lowest BCUT2D eigenvalue weighted by molar-refractivity contribution is 0.102. The Kier molecular flexibility index (Phi) is 5.39. The van der Waals surface area contributed by atoms with E-state index in [9.17, 15) is 13.2 Å². The SMILES string of the molecule is CC(C)(C)S(=O)(=O)c1ccc(-c2cnc(N)c(C(=O)Nc3ccccc3)n2)cc1. The molecule has 7 nitrogen and oxygen atoms in total. The lowest BCUT2D eigenvalue weighted by Gasteiger charge is -2.19. The molecule has 0 atom stereocenters. The first-order chi connectivity index (χ1) is 13.6. The summed E-state index contributed by atoms with van der Waals surface area (Å²) < 4.78 is 24.2. The van der Waals surface area contributed by atoms with E-state index in [1.165, 1.54) is 18.3 Å². The highest BCUT2D eigenvalue weighted by Gasteiger charge is 2.30. The smallest absolute Gasteiger partial charge is 0.278 e. The number of aromatic nitrogens is 2. The summed E-state index contributed by atoms with van der Waals surface area (Å²) in [5.74, 6) is -0.468. The van der Waals surface area contributed by atoms with Gasteiger partial charge >= 0.3 is 0 Å². The number of amides is 1. The predicted molar refractivity (Wildman–Crippen MR) is 113 cm³/mol. The first kappa shape index (κ1) is 20.5. The fourth-order valence-electron chi connectivity index (χ4n) is 2.57. The molecule has 1 amide bonds. The van der Waals surface area contributed by atoms with Crippen molar-refractivity contribution < 1.29 is 13.2 Å². The normalized spacial score (nSPS) is 11.8. The number of nitrogens with one attached hydrogen (secondary N) is 1. The van der Waals surface area contributed by atoms with E-state index in [0.717, 1.165) is 0 Å². The number of carbonyl (C=O) groups is 1. The third kappa shape index (κ3) is 4.27. The van der Waals surface area contributed by atoms with Crippen LogP contribution in [-0.2, 0) is 9.84 Å². The first-order valence-corrected chi connectivity index (χ1v) is 10.4. The topological polar surface area (TPSA) is 115 Å². The highest BCUT2D eigenvalue weighted by atomic mass is 32.2. The number of nitrogen functional groups attached to an aromatic ring is 1. The molecule has 0 aliphatic heterocycles. The number of nitrogens with zero attached hydrogens (tertiary/aromatic N) is 2. The second kappa shape index (κ2) is 7.63. The maximum atomic E-state index is 12.6. The second-order valence-electron chi connectivity index (χ2n) is 7.45. The minimum Gasteiger partial charge on any atom is -0.382 e. The Morgan fingerprint density at radius 2 is 1.62 bits per heavy atom. The Bertz CT molecular complexity index is 1140. The zero-order valence-corrected chi connectivity index (χ0v) is 17.2. The zero-order chi connectivity index (χ0) is 21.2. The third-order valence-electron chi connectivity index (χ3n) is 4.31. The molecule has 2 aromatic carbocycles. The van der Waals surface area contributed by atoms with Gasteiger partial charge < -0.3 is 11.1 Å². The lowest BCUT2D eigenvalue weighted by Crippen LogP contribution is -2.27. The van der Waals surface area contributed by atoms with Gasteiger partial charge in [-0.15, -0.1) is 0 Å². The minimum atomic E-state index is -3.46. The van der Waals surface area contributed by atoms with Crippen LogP contribution < -0.4 is 11.1 Å². The van der Waals surface area contributed by atoms with Crippen molar-refractivity contribution in [1.29, 1.82) is 0 Å². The van der Waals surface area contributed by atoms with Crippen molar-refractivity contribution in [2.75, 3.05) is 11.1 Å². The molecule has 1 heterocycles. The van der Waals surface area contributed by atoms with Crippen LogP contribution >= 0.6 is 0 Å². The molecule has 0 aliphatic carbocycles. The standard InChI is InChI=1S/C21H22N4O3S/c1-21(2,3)29(27,28)16-11-9-14(10-12-16)17-13-23-19(22)18(25-17)20(26)24-15-7-5-4-6-8-15/h4-13H,1-3H3,(H2,22,23)(H,24,26). The van der Waals surface area contributed by atoms with Gasteiger partial charge in [-0.25, -0.2) is 18.4 Å². The molecular formula is C21H22N4O3S. The van der Waals surface area contributed by atoms with Crippen molar-refractivity contribution in [3.63, 3.8) is 0 Å². The van der Waals surface area contributed by atoms with E-state index < -0.39 is 20.5 Å². The second-order valence-corrected chi connectivity index (χ2v) is 10.2. The van der Waals surface area contributed by atoms with Gasteiger partial charge in [0.2, 0.25) is 0 Å². The predicted octanol–water partition coefficient (Wildman–Crippen LogP) is 3.55. The first-order valence-electron chi connectivity index (χ1n) is 8.93. The van der Waals surface area contributed by atoms with Crippen LogP contribution in [0.1, 0.15) is 31.3 Å². The van der Waals surface area contributed by atoms with Crippen LogP contribution in [0.5, 0.6) is 0 Å². The van der Waals surface area contributed by atoms with Gasteiger partial charge in [0.25, 0.3) is 5.91 Å². The minimum absolute atomic E-state index is 0.00209. The molecule has 0 unspecified atom stereocenters. The molecule has 1 aromatic heterocycles. The number of sulfone groups is 1. The van der Waals surface area contributed by atoms with E-state index in [1.54, 1.807) is 57.2 Å². The van der Waals surface area contributed by atoms with Crippen LogP contribution in [0.25, 0.3) is 11.3 Å². The Morgan fingerprint density at radius 3 is 2.21 bits per heavy atom. The summed E-state index contributed by atoms with van der Waals surface area (Å²) in [7, 11) is -3.46. The molecule has 0 aliphatic rings. The molecule has 3 aromatic rings. The fourth-order valence-corrected chi connectivity index (χ4v) is 3.78. The van der Waals surface area contributed by atoms with E-state index in [0.29, 0.717) is 16.9 Å². The molecule has 0 bridgehead atoms. The third-order valence-corrected chi connectivity index (χ3v) is 6.82. The summed E-state index contributed by atoms with van der Waals surface area (Å²) in [6.45, 7) is 4.96. The maximum Gasteiger partial charge on any atom is 0.278 e. The van der Waals surface area contributed by atoms with Gasteiger partial charge in [0.1, 0.15) is 0 Å². The van der Waals surface area contributed by atoms with Gasteiger partial charge in [-0.1, -0.05) is 30.3 Å². The van der Waals surface area contributed by atoms with Crippen molar-refractivity contribution in [3.05, 3.63) is 66.5 Å². The van der Waals surface area contributed by atoms with E-state index in [-0.39, 0.29) is 16.4 Å². The number of carbonyl (C=O) groups excluding carboxylic acids is 1. The summed E-state index contributed by atoms with van der Waals surface area (Å²) in [6.07, 6.45) is 1.45. The number of hydrogen-bond donors (Lipinski definition) is 2. The molecule has 150 valence electrons. The van der Waals surface area contributed by atoms with Crippen molar-refractivity contribution >= 4 is 27.2 Å². The zero-order valence-electron chi connectivity index (χ0n) is 16.4. The molecule has 0 radical (unpaired) electrons. The van der Waals surface area contributed by atoms with Gasteiger partial charge in [0, 0.05) is 11.3 Å². The van der Waals surface area contributed by atoms with Gasteiger partial charge in [-0.3, -0.25) is 4.79 Å². The summed E-state index contributed by atoms with van der Waals surface area (Å²) in [5.41, 5.74) is 7.49. The van der Waals surface area contributed by atoms with Crippen LogP contribution in [0.2, 0.25) is 0 Å². The quantitative estimate of drug-likeness (QED) is 0.680. The Hall–Kier alpha value is -3.26. The summed E-state index contributed by atoms with van der Waals surface area (Å²) in [5, 5.41) is 2.72. The summed E-state index contributed by atoms with van der Waals surface area (Å²) >= 11 is 0.